The molecule has 9 heterocycles. The molecule has 1 unspecified atom stereocenters. The van der Waals surface area contributed by atoms with E-state index in [2.05, 4.69) is 36.2 Å². The first-order valence-corrected chi connectivity index (χ1v) is 33.5. The molecule has 2 aliphatic heterocycles. The van der Waals surface area contributed by atoms with E-state index in [0.29, 0.717) is 90.1 Å². The van der Waals surface area contributed by atoms with Crippen LogP contribution in [0.3, 0.4) is 0 Å². The zero-order chi connectivity index (χ0) is 63.1. The molecule has 90 heavy (non-hydrogen) atoms. The lowest BCUT2D eigenvalue weighted by molar-refractivity contribution is -0.143. The van der Waals surface area contributed by atoms with Gasteiger partial charge in [-0.3, -0.25) is 33.6 Å². The van der Waals surface area contributed by atoms with Gasteiger partial charge in [0.25, 0.3) is 23.6 Å². The SMILES string of the molecule is Cc1sc2nc1C(=O)N[C@@H]([C@H](O)c1ccccc1)c1nc(cs1)C(=O)NC(Cc1ccc(O)cc1)C(=O)N1C[C@H](O)[C@H](C)[C@H]1c1nc(cs1)-c1nc(cs1)-c1nc(-c3nc(C(=O)N[C@H]4CC[C@@H](C(=O)O)CC4)cs3)ccc1-c1nc(cs1)C(=O)N[C@H]2CC(N)=O. The standard InChI is InChI=1S/C60H55N13O11S6/c1-26-42(75)20-73-47(26)58-70-41(25-89-58)55-66-37(21-86-55)45-33(16-17-34(63-45)54-68-38(23-87-54)49(78)62-31-12-10-30(11-13-31)60(83)84)53-67-39(22-85-53)50(79)64-35(19-43(61)76)56-72-44(27(2)90-56)52(81)71-46(48(77)29-6-4-3-5-7-29)57-69-40(24-88-57)51(80)65-36(59(73)82)18-28-8-14-32(74)15-9-28/h3-9,14-17,21-26,30-31,35-36,42,46-48,74-75,77H,10-13,18-20H2,1-2H3,(H2,61,76)(H,62,78)(H,64,79)(H,65,80)(H,71,81)(H,83,84)/t26-,30-,31+,35-,36?,42-,46-,47-,48+/m0/s1. The zero-order valence-electron chi connectivity index (χ0n) is 47.6. The van der Waals surface area contributed by atoms with E-state index in [1.807, 2.05) is 6.92 Å². The Kier molecular flexibility index (Phi) is 17.8. The van der Waals surface area contributed by atoms with Crippen LogP contribution in [0.2, 0.25) is 0 Å². The van der Waals surface area contributed by atoms with Crippen LogP contribution in [0.5, 0.6) is 5.75 Å². The largest absolute Gasteiger partial charge is 0.508 e. The molecule has 24 nitrogen and oxygen atoms in total. The molecule has 2 aromatic carbocycles. The number of primary amides is 1. The van der Waals surface area contributed by atoms with Crippen LogP contribution in [0.15, 0.2) is 93.6 Å². The second-order valence-electron chi connectivity index (χ2n) is 21.9. The lowest BCUT2D eigenvalue weighted by Crippen LogP contribution is -2.50. The maximum absolute atomic E-state index is 15.2. The molecular formula is C60H55N13O11S6. The lowest BCUT2D eigenvalue weighted by Gasteiger charge is -2.29. The molecule has 6 amide bonds. The van der Waals surface area contributed by atoms with Crippen LogP contribution in [0.1, 0.15) is 136 Å². The number of benzene rings is 2. The third-order valence-electron chi connectivity index (χ3n) is 15.9. The minimum Gasteiger partial charge on any atom is -0.508 e. The summed E-state index contributed by atoms with van der Waals surface area (Å²) >= 11 is 6.89. The van der Waals surface area contributed by atoms with Gasteiger partial charge in [0.15, 0.2) is 0 Å². The molecule has 1 saturated heterocycles. The zero-order valence-corrected chi connectivity index (χ0v) is 52.5. The molecule has 10 N–H and O–H groups in total. The minimum atomic E-state index is -1.42. The van der Waals surface area contributed by atoms with Gasteiger partial charge >= 0.3 is 5.97 Å². The molecule has 7 aromatic heterocycles. The number of aryl methyl sites for hydroxylation is 1. The van der Waals surface area contributed by atoms with Crippen molar-refractivity contribution in [2.45, 2.75) is 94.8 Å². The first kappa shape index (κ1) is 61.6. The Hall–Kier alpha value is -8.62. The van der Waals surface area contributed by atoms with Gasteiger partial charge < -0.3 is 52.3 Å². The summed E-state index contributed by atoms with van der Waals surface area (Å²) in [6, 6.07) is 13.5. The maximum atomic E-state index is 15.2. The van der Waals surface area contributed by atoms with Gasteiger partial charge in [0, 0.05) is 62.3 Å². The van der Waals surface area contributed by atoms with Gasteiger partial charge in [-0.25, -0.2) is 34.9 Å². The number of carboxylic acids is 1. The Labute approximate surface area is 536 Å². The van der Waals surface area contributed by atoms with Crippen molar-refractivity contribution in [3.8, 4) is 49.1 Å². The van der Waals surface area contributed by atoms with Crippen LogP contribution in [-0.2, 0) is 20.8 Å². The number of phenolic OH excluding ortho intramolecular Hbond substituents is 1. The van der Waals surface area contributed by atoms with Crippen molar-refractivity contribution >= 4 is 109 Å². The number of carbonyl (C=O) groups is 7. The van der Waals surface area contributed by atoms with Crippen molar-refractivity contribution in [3.63, 3.8) is 0 Å². The molecule has 0 radical (unpaired) electrons. The molecule has 9 aromatic rings. The summed E-state index contributed by atoms with van der Waals surface area (Å²) in [7, 11) is 0. The molecule has 2 fully saturated rings. The lowest BCUT2D eigenvalue weighted by atomic mass is 9.86. The Balaban J connectivity index is 0.931. The highest BCUT2D eigenvalue weighted by Crippen LogP contribution is 2.43. The monoisotopic (exact) mass is 1330 g/mol. The predicted molar refractivity (Wildman–Crippen MR) is 337 cm³/mol. The summed E-state index contributed by atoms with van der Waals surface area (Å²) in [6.07, 6.45) is -0.900. The Morgan fingerprint density at radius 1 is 0.678 bits per heavy atom. The highest BCUT2D eigenvalue weighted by atomic mass is 32.1. The van der Waals surface area contributed by atoms with E-state index in [1.165, 1.54) is 61.8 Å². The molecule has 12 rings (SSSR count). The third kappa shape index (κ3) is 13.0. The Morgan fingerprint density at radius 2 is 1.32 bits per heavy atom. The fourth-order valence-electron chi connectivity index (χ4n) is 11.0. The number of amides is 6. The van der Waals surface area contributed by atoms with E-state index in [9.17, 15) is 49.2 Å². The van der Waals surface area contributed by atoms with Crippen molar-refractivity contribution in [1.82, 2.24) is 61.1 Å². The smallest absolute Gasteiger partial charge is 0.306 e. The van der Waals surface area contributed by atoms with Gasteiger partial charge in [0.2, 0.25) is 11.8 Å². The van der Waals surface area contributed by atoms with Crippen molar-refractivity contribution in [2.24, 2.45) is 17.6 Å². The van der Waals surface area contributed by atoms with E-state index in [0.717, 1.165) is 34.0 Å². The van der Waals surface area contributed by atoms with E-state index in [-0.39, 0.29) is 57.5 Å². The quantitative estimate of drug-likeness (QED) is 0.0634. The predicted octanol–water partition coefficient (Wildman–Crippen LogP) is 7.66. The summed E-state index contributed by atoms with van der Waals surface area (Å²) in [5.74, 6) is -5.75. The van der Waals surface area contributed by atoms with Crippen LogP contribution in [0.25, 0.3) is 43.4 Å². The summed E-state index contributed by atoms with van der Waals surface area (Å²) < 4.78 is 0. The van der Waals surface area contributed by atoms with E-state index < -0.39 is 96.0 Å². The van der Waals surface area contributed by atoms with Gasteiger partial charge in [0.1, 0.15) is 93.8 Å². The number of aliphatic hydroxyl groups excluding tert-OH is 2. The molecule has 7 atom stereocenters. The van der Waals surface area contributed by atoms with Crippen LogP contribution in [0, 0.1) is 18.8 Å². The van der Waals surface area contributed by atoms with Crippen LogP contribution in [0.4, 0.5) is 0 Å². The number of carbonyl (C=O) groups excluding carboxylic acids is 6. The van der Waals surface area contributed by atoms with Crippen molar-refractivity contribution in [3.05, 3.63) is 147 Å². The topological polar surface area (TPSA) is 368 Å². The highest BCUT2D eigenvalue weighted by Gasteiger charge is 2.46. The van der Waals surface area contributed by atoms with Crippen LogP contribution >= 0.6 is 68.0 Å². The molecule has 1 aliphatic carbocycles. The van der Waals surface area contributed by atoms with E-state index in [1.54, 1.807) is 77.7 Å². The molecule has 10 bridgehead atoms. The van der Waals surface area contributed by atoms with Gasteiger partial charge in [-0.15, -0.1) is 68.0 Å². The second-order valence-corrected chi connectivity index (χ2v) is 27.5. The fraction of sp³-hybridized carbons (Fsp3) is 0.300. The molecular weight excluding hydrogens is 1270 g/mol. The minimum absolute atomic E-state index is 0.00805. The number of nitrogens with zero attached hydrogens (tertiary/aromatic N) is 8. The fourth-order valence-corrected chi connectivity index (χ4v) is 16.4. The summed E-state index contributed by atoms with van der Waals surface area (Å²) in [6.45, 7) is 3.34. The number of thiazole rings is 6. The number of aliphatic hydroxyl groups is 2. The van der Waals surface area contributed by atoms with Gasteiger partial charge in [-0.05, 0) is 68.0 Å². The number of phenols is 1. The summed E-state index contributed by atoms with van der Waals surface area (Å²) in [5, 5.41) is 65.0. The molecule has 0 spiro atoms. The number of carboxylic acid groups (broad SMARTS) is 1. The van der Waals surface area contributed by atoms with Gasteiger partial charge in [-0.2, -0.15) is 0 Å². The van der Waals surface area contributed by atoms with Gasteiger partial charge in [-0.1, -0.05) is 49.4 Å². The normalized spacial score (nSPS) is 21.8. The number of aromatic hydroxyl groups is 1. The van der Waals surface area contributed by atoms with Gasteiger partial charge in [0.05, 0.1) is 36.2 Å². The average Bonchev–Trinajstić information content (AvgIpc) is 1.70. The number of hydrogen-bond acceptors (Lipinski definition) is 23. The average molecular weight is 1330 g/mol. The number of pyridine rings is 1. The van der Waals surface area contributed by atoms with Crippen molar-refractivity contribution in [1.29, 1.82) is 0 Å². The number of fused-ring (bicyclic) bond motifs is 16. The van der Waals surface area contributed by atoms with E-state index in [4.69, 9.17) is 25.7 Å². The van der Waals surface area contributed by atoms with E-state index >= 15 is 4.79 Å². The van der Waals surface area contributed by atoms with Crippen LogP contribution in [-0.4, -0.2) is 126 Å². The Morgan fingerprint density at radius 3 is 2.07 bits per heavy atom. The first-order valence-electron chi connectivity index (χ1n) is 28.3. The number of nitrogens with two attached hydrogens (primary N) is 1. The summed E-state index contributed by atoms with van der Waals surface area (Å²) in [5.41, 5.74) is 8.71. The molecule has 462 valence electrons. The molecule has 3 aliphatic rings. The number of aromatic nitrogens is 7. The molecule has 1 saturated carbocycles. The first-order chi connectivity index (χ1) is 43.3. The second kappa shape index (κ2) is 26.1. The number of hydrogen-bond donors (Lipinski definition) is 9. The van der Waals surface area contributed by atoms with Crippen molar-refractivity contribution in [2.75, 3.05) is 6.54 Å². The third-order valence-corrected chi connectivity index (χ3v) is 21.4. The number of nitrogens with one attached hydrogen (secondary N) is 4. The Bertz CT molecular complexity index is 4210. The highest BCUT2D eigenvalue weighted by molar-refractivity contribution is 7.15. The molecule has 30 heteroatoms. The van der Waals surface area contributed by atoms with Crippen LogP contribution < -0.4 is 27.0 Å². The maximum Gasteiger partial charge on any atom is 0.306 e. The van der Waals surface area contributed by atoms with Crippen molar-refractivity contribution < 1.29 is 54.0 Å². The number of rotatable bonds is 10. The number of aliphatic carboxylic acids is 1. The summed E-state index contributed by atoms with van der Waals surface area (Å²) in [4.78, 5) is 132.